The number of hydrogen-bond acceptors (Lipinski definition) is 13. The standard InChI is InChI=1S/C26H57N3O10Si3/c1-30-40(31-2,24-6-9-27-12-18-35-19-13-27)38-42(34-5,26-8-11-29-16-22-37-23-17-29)39-41(32-3,33-4)25-7-10-28-14-20-36-21-15-28/h6-26H2,1-5H3. The van der Waals surface area contributed by atoms with E-state index in [9.17, 15) is 0 Å². The van der Waals surface area contributed by atoms with Gasteiger partial charge in [-0.1, -0.05) is 0 Å². The summed E-state index contributed by atoms with van der Waals surface area (Å²) in [6.07, 6.45) is 2.61. The molecule has 3 rings (SSSR count). The number of ether oxygens (including phenoxy) is 3. The summed E-state index contributed by atoms with van der Waals surface area (Å²) in [6, 6.07) is 1.93. The zero-order valence-corrected chi connectivity index (χ0v) is 29.8. The third-order valence-electron chi connectivity index (χ3n) is 8.36. The van der Waals surface area contributed by atoms with E-state index in [1.807, 2.05) is 0 Å². The van der Waals surface area contributed by atoms with Crippen molar-refractivity contribution in [2.24, 2.45) is 0 Å². The van der Waals surface area contributed by atoms with Crippen molar-refractivity contribution in [3.63, 3.8) is 0 Å². The highest BCUT2D eigenvalue weighted by Gasteiger charge is 2.57. The van der Waals surface area contributed by atoms with Crippen LogP contribution in [0, 0.1) is 0 Å². The quantitative estimate of drug-likeness (QED) is 0.166. The second kappa shape index (κ2) is 19.6. The van der Waals surface area contributed by atoms with Crippen LogP contribution in [0.2, 0.25) is 18.1 Å². The van der Waals surface area contributed by atoms with Crippen LogP contribution in [0.3, 0.4) is 0 Å². The molecular formula is C26H57N3O10Si3. The maximum absolute atomic E-state index is 6.96. The van der Waals surface area contributed by atoms with E-state index < -0.39 is 26.4 Å². The Hall–Kier alpha value is 0.131. The maximum atomic E-state index is 6.96. The first-order valence-corrected chi connectivity index (χ1v) is 21.3. The van der Waals surface area contributed by atoms with Crippen molar-refractivity contribution in [1.82, 2.24) is 14.7 Å². The highest BCUT2D eigenvalue weighted by Crippen LogP contribution is 2.32. The third-order valence-corrected chi connectivity index (χ3v) is 19.3. The lowest BCUT2D eigenvalue weighted by molar-refractivity contribution is 0.0349. The minimum Gasteiger partial charge on any atom is -0.379 e. The minimum atomic E-state index is -3.39. The monoisotopic (exact) mass is 655 g/mol. The van der Waals surface area contributed by atoms with Gasteiger partial charge in [0.2, 0.25) is 0 Å². The predicted octanol–water partition coefficient (Wildman–Crippen LogP) is 1.24. The lowest BCUT2D eigenvalue weighted by atomic mass is 10.3. The van der Waals surface area contributed by atoms with Crippen LogP contribution in [0.15, 0.2) is 0 Å². The fourth-order valence-electron chi connectivity index (χ4n) is 5.66. The molecule has 0 atom stereocenters. The fourth-order valence-corrected chi connectivity index (χ4v) is 16.8. The number of rotatable bonds is 21. The van der Waals surface area contributed by atoms with E-state index >= 15 is 0 Å². The van der Waals surface area contributed by atoms with Crippen LogP contribution in [0.5, 0.6) is 0 Å². The molecule has 0 unspecified atom stereocenters. The molecule has 0 bridgehead atoms. The second-order valence-corrected chi connectivity index (χ2v) is 20.2. The Morgan fingerprint density at radius 2 is 0.690 bits per heavy atom. The molecule has 13 nitrogen and oxygen atoms in total. The van der Waals surface area contributed by atoms with Crippen molar-refractivity contribution >= 4 is 26.4 Å². The second-order valence-electron chi connectivity index (χ2n) is 10.9. The van der Waals surface area contributed by atoms with Gasteiger partial charge in [0.25, 0.3) is 0 Å². The summed E-state index contributed by atoms with van der Waals surface area (Å²) < 4.78 is 61.1. The molecular weight excluding hydrogens is 599 g/mol. The van der Waals surface area contributed by atoms with Gasteiger partial charge in [0.05, 0.1) is 39.6 Å². The molecule has 0 spiro atoms. The minimum absolute atomic E-state index is 0.608. The average Bonchev–Trinajstić information content (AvgIpc) is 3.05. The molecule has 16 heteroatoms. The van der Waals surface area contributed by atoms with E-state index in [2.05, 4.69) is 14.7 Å². The van der Waals surface area contributed by atoms with E-state index in [1.165, 1.54) is 0 Å². The molecule has 42 heavy (non-hydrogen) atoms. The molecule has 3 saturated heterocycles. The Bertz CT molecular complexity index is 667. The molecule has 0 radical (unpaired) electrons. The van der Waals surface area contributed by atoms with Crippen LogP contribution in [0.1, 0.15) is 19.3 Å². The van der Waals surface area contributed by atoms with Crippen molar-refractivity contribution in [2.45, 2.75) is 37.4 Å². The van der Waals surface area contributed by atoms with Crippen LogP contribution in [-0.2, 0) is 44.6 Å². The first kappa shape index (κ1) is 36.6. The number of nitrogens with zero attached hydrogens (tertiary/aromatic N) is 3. The molecule has 0 saturated carbocycles. The molecule has 0 aromatic rings. The Morgan fingerprint density at radius 1 is 0.429 bits per heavy atom. The topological polar surface area (TPSA) is 102 Å². The van der Waals surface area contributed by atoms with E-state index in [0.29, 0.717) is 18.1 Å². The van der Waals surface area contributed by atoms with Gasteiger partial charge in [-0.05, 0) is 38.9 Å². The third kappa shape index (κ3) is 11.8. The Morgan fingerprint density at radius 3 is 0.952 bits per heavy atom. The lowest BCUT2D eigenvalue weighted by Gasteiger charge is -2.41. The molecule has 3 fully saturated rings. The van der Waals surface area contributed by atoms with Crippen LogP contribution in [-0.4, -0.2) is 175 Å². The smallest absolute Gasteiger partial charge is 0.379 e. The van der Waals surface area contributed by atoms with E-state index in [-0.39, 0.29) is 0 Å². The molecule has 0 aromatic heterocycles. The van der Waals surface area contributed by atoms with E-state index in [0.717, 1.165) is 118 Å². The molecule has 3 aliphatic heterocycles. The van der Waals surface area contributed by atoms with Crippen molar-refractivity contribution in [3.05, 3.63) is 0 Å². The van der Waals surface area contributed by atoms with Crippen molar-refractivity contribution in [3.8, 4) is 0 Å². The number of hydrogen-bond donors (Lipinski definition) is 0. The summed E-state index contributed by atoms with van der Waals surface area (Å²) in [6.45, 7) is 13.0. The molecule has 248 valence electrons. The van der Waals surface area contributed by atoms with E-state index in [1.54, 1.807) is 35.5 Å². The zero-order chi connectivity index (χ0) is 30.2. The summed E-state index contributed by atoms with van der Waals surface area (Å²) in [7, 11) is -1.31. The van der Waals surface area contributed by atoms with Gasteiger partial charge in [-0.25, -0.2) is 0 Å². The summed E-state index contributed by atoms with van der Waals surface area (Å²) in [5, 5.41) is 0. The Kier molecular flexibility index (Phi) is 17.1. The maximum Gasteiger partial charge on any atom is 0.493 e. The predicted molar refractivity (Wildman–Crippen MR) is 165 cm³/mol. The van der Waals surface area contributed by atoms with Gasteiger partial charge in [-0.15, -0.1) is 0 Å². The highest BCUT2D eigenvalue weighted by molar-refractivity contribution is 6.80. The van der Waals surface area contributed by atoms with Gasteiger partial charge < -0.3 is 44.6 Å². The summed E-state index contributed by atoms with van der Waals surface area (Å²) in [4.78, 5) is 7.24. The Balaban J connectivity index is 1.72. The van der Waals surface area contributed by atoms with Gasteiger partial charge in [0.15, 0.2) is 0 Å². The van der Waals surface area contributed by atoms with Crippen molar-refractivity contribution < 1.29 is 44.6 Å². The van der Waals surface area contributed by atoms with E-state index in [4.69, 9.17) is 44.6 Å². The van der Waals surface area contributed by atoms with Crippen molar-refractivity contribution in [2.75, 3.05) is 134 Å². The summed E-state index contributed by atoms with van der Waals surface area (Å²) in [5.74, 6) is 0. The molecule has 0 aliphatic carbocycles. The largest absolute Gasteiger partial charge is 0.493 e. The van der Waals surface area contributed by atoms with Crippen LogP contribution in [0.4, 0.5) is 0 Å². The van der Waals surface area contributed by atoms with Crippen LogP contribution < -0.4 is 0 Å². The van der Waals surface area contributed by atoms with Crippen LogP contribution >= 0.6 is 0 Å². The number of morpholine rings is 3. The normalized spacial score (nSPS) is 20.8. The van der Waals surface area contributed by atoms with Crippen molar-refractivity contribution in [1.29, 1.82) is 0 Å². The molecule has 3 aliphatic rings. The SMILES string of the molecule is CO[Si](CCCN1CCOCC1)(OC)O[Si](CCCN1CCOCC1)(OC)O[Si](CCCN1CCOCC1)(OC)OC. The van der Waals surface area contributed by atoms with Gasteiger partial charge in [0.1, 0.15) is 0 Å². The summed E-state index contributed by atoms with van der Waals surface area (Å²) in [5.41, 5.74) is 0. The fraction of sp³-hybridized carbons (Fsp3) is 1.00. The van der Waals surface area contributed by atoms with Gasteiger partial charge in [-0.3, -0.25) is 14.7 Å². The Labute approximate surface area is 257 Å². The van der Waals surface area contributed by atoms with Gasteiger partial charge in [-0.2, -0.15) is 0 Å². The van der Waals surface area contributed by atoms with Crippen LogP contribution in [0.25, 0.3) is 0 Å². The molecule has 3 heterocycles. The highest BCUT2D eigenvalue weighted by atomic mass is 28.5. The first-order chi connectivity index (χ1) is 20.5. The first-order valence-electron chi connectivity index (χ1n) is 15.5. The molecule has 0 amide bonds. The van der Waals surface area contributed by atoms with Gasteiger partial charge >= 0.3 is 26.4 Å². The summed E-state index contributed by atoms with van der Waals surface area (Å²) >= 11 is 0. The average molecular weight is 656 g/mol. The molecule has 0 N–H and O–H groups in total. The van der Waals surface area contributed by atoms with Gasteiger partial charge in [0, 0.05) is 92.9 Å². The lowest BCUT2D eigenvalue weighted by Crippen LogP contribution is -2.63. The molecule has 0 aromatic carbocycles. The zero-order valence-electron chi connectivity index (χ0n) is 26.8.